The Balaban J connectivity index is 0.000000686. The van der Waals surface area contributed by atoms with Gasteiger partial charge in [0.05, 0.1) is 7.11 Å². The van der Waals surface area contributed by atoms with Gasteiger partial charge in [0, 0.05) is 18.3 Å². The van der Waals surface area contributed by atoms with Gasteiger partial charge < -0.3 is 9.64 Å². The molecule has 0 unspecified atom stereocenters. The predicted molar refractivity (Wildman–Crippen MR) is 69.4 cm³/mol. The van der Waals surface area contributed by atoms with E-state index in [2.05, 4.69) is 21.9 Å². The average Bonchev–Trinajstić information content (AvgIpc) is 2.42. The molecule has 0 saturated carbocycles. The van der Waals surface area contributed by atoms with E-state index in [1.807, 2.05) is 13.8 Å². The van der Waals surface area contributed by atoms with Gasteiger partial charge in [-0.3, -0.25) is 4.98 Å². The summed E-state index contributed by atoms with van der Waals surface area (Å²) in [5.41, 5.74) is 1.02. The highest BCUT2D eigenvalue weighted by molar-refractivity contribution is 5.22. The average molecular weight is 237 g/mol. The van der Waals surface area contributed by atoms with E-state index in [9.17, 15) is 0 Å². The zero-order valence-corrected chi connectivity index (χ0v) is 11.3. The summed E-state index contributed by atoms with van der Waals surface area (Å²) in [6.45, 7) is 6.26. The van der Waals surface area contributed by atoms with Gasteiger partial charge in [-0.2, -0.15) is 0 Å². The van der Waals surface area contributed by atoms with Gasteiger partial charge in [-0.15, -0.1) is 0 Å². The van der Waals surface area contributed by atoms with Crippen LogP contribution in [0.4, 0.5) is 0 Å². The summed E-state index contributed by atoms with van der Waals surface area (Å²) in [4.78, 5) is 10.9. The summed E-state index contributed by atoms with van der Waals surface area (Å²) >= 11 is 0. The van der Waals surface area contributed by atoms with Crippen molar-refractivity contribution in [3.05, 3.63) is 18.1 Å². The van der Waals surface area contributed by atoms with Crippen LogP contribution in [-0.2, 0) is 0 Å². The fourth-order valence-electron chi connectivity index (χ4n) is 2.06. The summed E-state index contributed by atoms with van der Waals surface area (Å²) in [5.74, 6) is 1.19. The minimum absolute atomic E-state index is 0.504. The maximum Gasteiger partial charge on any atom is 0.235 e. The molecule has 1 aromatic heterocycles. The summed E-state index contributed by atoms with van der Waals surface area (Å²) in [6.07, 6.45) is 5.71. The Labute approximate surface area is 104 Å². The van der Waals surface area contributed by atoms with E-state index in [-0.39, 0.29) is 0 Å². The van der Waals surface area contributed by atoms with Gasteiger partial charge in [0.2, 0.25) is 5.88 Å². The van der Waals surface area contributed by atoms with Gasteiger partial charge in [-0.25, -0.2) is 4.98 Å². The van der Waals surface area contributed by atoms with E-state index >= 15 is 0 Å². The minimum atomic E-state index is 0.504. The predicted octanol–water partition coefficient (Wildman–Crippen LogP) is 2.32. The highest BCUT2D eigenvalue weighted by atomic mass is 16.5. The lowest BCUT2D eigenvalue weighted by molar-refractivity contribution is 0.249. The lowest BCUT2D eigenvalue weighted by Gasteiger charge is -2.28. The SMILES string of the molecule is CC.COc1nccnc1C1CCN(C)CC1. The smallest absolute Gasteiger partial charge is 0.235 e. The van der Waals surface area contributed by atoms with Crippen molar-refractivity contribution in [2.75, 3.05) is 27.2 Å². The van der Waals surface area contributed by atoms with Crippen LogP contribution in [0.3, 0.4) is 0 Å². The van der Waals surface area contributed by atoms with Crippen LogP contribution in [0, 0.1) is 0 Å². The Morgan fingerprint density at radius 1 is 1.18 bits per heavy atom. The molecule has 0 N–H and O–H groups in total. The second kappa shape index (κ2) is 7.22. The van der Waals surface area contributed by atoms with Crippen LogP contribution in [0.15, 0.2) is 12.4 Å². The van der Waals surface area contributed by atoms with Crippen LogP contribution >= 0.6 is 0 Å². The highest BCUT2D eigenvalue weighted by Gasteiger charge is 2.22. The van der Waals surface area contributed by atoms with Crippen LogP contribution in [0.1, 0.15) is 38.3 Å². The first kappa shape index (κ1) is 13.9. The van der Waals surface area contributed by atoms with E-state index in [4.69, 9.17) is 4.74 Å². The van der Waals surface area contributed by atoms with E-state index in [1.54, 1.807) is 19.5 Å². The Kier molecular flexibility index (Phi) is 5.91. The number of hydrogen-bond acceptors (Lipinski definition) is 4. The van der Waals surface area contributed by atoms with E-state index < -0.39 is 0 Å². The molecule has 1 saturated heterocycles. The zero-order chi connectivity index (χ0) is 12.7. The normalized spacial score (nSPS) is 17.2. The van der Waals surface area contributed by atoms with Crippen LogP contribution in [0.5, 0.6) is 5.88 Å². The molecule has 0 aromatic carbocycles. The molecule has 1 fully saturated rings. The van der Waals surface area contributed by atoms with E-state index in [0.717, 1.165) is 31.6 Å². The maximum atomic E-state index is 5.24. The molecule has 17 heavy (non-hydrogen) atoms. The standard InChI is InChI=1S/C11H17N3O.C2H6/c1-14-7-3-9(4-8-14)10-11(15-2)13-6-5-12-10;1-2/h5-6,9H,3-4,7-8H2,1-2H3;1-2H3. The molecule has 0 amide bonds. The van der Waals surface area contributed by atoms with Crippen LogP contribution in [0.25, 0.3) is 0 Å². The van der Waals surface area contributed by atoms with Crippen LogP contribution in [0.2, 0.25) is 0 Å². The third-order valence-corrected chi connectivity index (χ3v) is 2.99. The molecule has 1 aliphatic heterocycles. The molecule has 2 rings (SSSR count). The second-order valence-electron chi connectivity index (χ2n) is 4.03. The first-order valence-electron chi connectivity index (χ1n) is 6.34. The molecule has 2 heterocycles. The molecule has 0 aliphatic carbocycles. The van der Waals surface area contributed by atoms with Gasteiger partial charge in [0.25, 0.3) is 0 Å². The first-order valence-corrected chi connectivity index (χ1v) is 6.34. The summed E-state index contributed by atoms with van der Waals surface area (Å²) in [7, 11) is 3.81. The topological polar surface area (TPSA) is 38.3 Å². The van der Waals surface area contributed by atoms with Gasteiger partial charge >= 0.3 is 0 Å². The van der Waals surface area contributed by atoms with Crippen molar-refractivity contribution in [3.8, 4) is 5.88 Å². The molecular formula is C13H23N3O. The molecule has 0 spiro atoms. The molecule has 1 aliphatic rings. The molecular weight excluding hydrogens is 214 g/mol. The van der Waals surface area contributed by atoms with Crippen molar-refractivity contribution in [1.82, 2.24) is 14.9 Å². The number of nitrogens with zero attached hydrogens (tertiary/aromatic N) is 3. The molecule has 0 radical (unpaired) electrons. The zero-order valence-electron chi connectivity index (χ0n) is 11.3. The molecule has 1 aromatic rings. The summed E-state index contributed by atoms with van der Waals surface area (Å²) in [6, 6.07) is 0. The molecule has 0 atom stereocenters. The van der Waals surface area contributed by atoms with Gasteiger partial charge in [-0.1, -0.05) is 13.8 Å². The van der Waals surface area contributed by atoms with E-state index in [1.165, 1.54) is 0 Å². The second-order valence-corrected chi connectivity index (χ2v) is 4.03. The summed E-state index contributed by atoms with van der Waals surface area (Å²) in [5, 5.41) is 0. The third-order valence-electron chi connectivity index (χ3n) is 2.99. The van der Waals surface area contributed by atoms with Gasteiger partial charge in [-0.05, 0) is 33.0 Å². The third kappa shape index (κ3) is 3.66. The Bertz CT molecular complexity index is 322. The van der Waals surface area contributed by atoms with Crippen molar-refractivity contribution >= 4 is 0 Å². The highest BCUT2D eigenvalue weighted by Crippen LogP contribution is 2.30. The fraction of sp³-hybridized carbons (Fsp3) is 0.692. The Morgan fingerprint density at radius 2 is 1.76 bits per heavy atom. The number of methoxy groups -OCH3 is 1. The first-order chi connectivity index (χ1) is 8.31. The molecule has 96 valence electrons. The van der Waals surface area contributed by atoms with Crippen LogP contribution < -0.4 is 4.74 Å². The van der Waals surface area contributed by atoms with Crippen molar-refractivity contribution in [1.29, 1.82) is 0 Å². The summed E-state index contributed by atoms with van der Waals surface area (Å²) < 4.78 is 5.24. The lowest BCUT2D eigenvalue weighted by Crippen LogP contribution is -2.29. The molecule has 4 nitrogen and oxygen atoms in total. The molecule has 0 bridgehead atoms. The van der Waals surface area contributed by atoms with Crippen molar-refractivity contribution in [2.45, 2.75) is 32.6 Å². The maximum absolute atomic E-state index is 5.24. The Hall–Kier alpha value is -1.16. The van der Waals surface area contributed by atoms with Gasteiger partial charge in [0.1, 0.15) is 5.69 Å². The number of ether oxygens (including phenoxy) is 1. The van der Waals surface area contributed by atoms with Gasteiger partial charge in [0.15, 0.2) is 0 Å². The van der Waals surface area contributed by atoms with Crippen molar-refractivity contribution in [2.24, 2.45) is 0 Å². The Morgan fingerprint density at radius 3 is 2.35 bits per heavy atom. The quantitative estimate of drug-likeness (QED) is 0.791. The molecule has 4 heteroatoms. The number of aromatic nitrogens is 2. The fourth-order valence-corrected chi connectivity index (χ4v) is 2.06. The largest absolute Gasteiger partial charge is 0.480 e. The number of rotatable bonds is 2. The van der Waals surface area contributed by atoms with E-state index in [0.29, 0.717) is 11.8 Å². The number of hydrogen-bond donors (Lipinski definition) is 0. The number of likely N-dealkylation sites (tertiary alicyclic amines) is 1. The van der Waals surface area contributed by atoms with Crippen molar-refractivity contribution in [3.63, 3.8) is 0 Å². The van der Waals surface area contributed by atoms with Crippen molar-refractivity contribution < 1.29 is 4.74 Å². The lowest BCUT2D eigenvalue weighted by atomic mass is 9.94. The minimum Gasteiger partial charge on any atom is -0.480 e. The number of piperidine rings is 1. The van der Waals surface area contributed by atoms with Crippen LogP contribution in [-0.4, -0.2) is 42.1 Å². The monoisotopic (exact) mass is 237 g/mol.